The van der Waals surface area contributed by atoms with Crippen LogP contribution in [0.5, 0.6) is 5.75 Å². The van der Waals surface area contributed by atoms with E-state index in [-0.39, 0.29) is 11.9 Å². The smallest absolute Gasteiger partial charge is 0.317 e. The Bertz CT molecular complexity index is 908. The number of methoxy groups -OCH3 is 1. The number of nitrogens with one attached hydrogen (secondary N) is 1. The van der Waals surface area contributed by atoms with Gasteiger partial charge >= 0.3 is 6.03 Å². The van der Waals surface area contributed by atoms with E-state index in [1.54, 1.807) is 18.4 Å². The highest BCUT2D eigenvalue weighted by Gasteiger charge is 2.30. The van der Waals surface area contributed by atoms with Gasteiger partial charge in [-0.2, -0.15) is 4.98 Å². The zero-order valence-corrected chi connectivity index (χ0v) is 16.4. The van der Waals surface area contributed by atoms with E-state index in [9.17, 15) is 4.79 Å². The van der Waals surface area contributed by atoms with E-state index in [2.05, 4.69) is 15.5 Å². The minimum absolute atomic E-state index is 0.0435. The fourth-order valence-corrected chi connectivity index (χ4v) is 3.92. The van der Waals surface area contributed by atoms with Crippen LogP contribution in [-0.2, 0) is 6.42 Å². The maximum absolute atomic E-state index is 12.4. The summed E-state index contributed by atoms with van der Waals surface area (Å²) in [6.45, 7) is 1.90. The molecule has 0 radical (unpaired) electrons. The molecule has 1 aromatic carbocycles. The van der Waals surface area contributed by atoms with Gasteiger partial charge in [-0.3, -0.25) is 0 Å². The second-order valence-electron chi connectivity index (χ2n) is 6.70. The quantitative estimate of drug-likeness (QED) is 0.687. The molecule has 1 aliphatic rings. The largest absolute Gasteiger partial charge is 0.497 e. The zero-order chi connectivity index (χ0) is 19.3. The summed E-state index contributed by atoms with van der Waals surface area (Å²) in [5, 5.41) is 9.09. The number of carbonyl (C=O) groups is 1. The van der Waals surface area contributed by atoms with Gasteiger partial charge in [-0.15, -0.1) is 11.3 Å². The Morgan fingerprint density at radius 3 is 2.96 bits per heavy atom. The fourth-order valence-electron chi connectivity index (χ4n) is 3.27. The van der Waals surface area contributed by atoms with Crippen LogP contribution in [-0.4, -0.2) is 47.8 Å². The molecular formula is C20H22N4O3S. The average molecular weight is 398 g/mol. The van der Waals surface area contributed by atoms with E-state index in [0.717, 1.165) is 29.0 Å². The van der Waals surface area contributed by atoms with Crippen molar-refractivity contribution >= 4 is 17.4 Å². The van der Waals surface area contributed by atoms with E-state index in [0.29, 0.717) is 31.3 Å². The molecule has 1 aliphatic heterocycles. The van der Waals surface area contributed by atoms with Crippen LogP contribution in [0.3, 0.4) is 0 Å². The molecule has 0 spiro atoms. The van der Waals surface area contributed by atoms with E-state index in [1.165, 1.54) is 0 Å². The first-order valence-corrected chi connectivity index (χ1v) is 10.1. The van der Waals surface area contributed by atoms with Gasteiger partial charge < -0.3 is 19.5 Å². The molecule has 4 rings (SSSR count). The lowest BCUT2D eigenvalue weighted by Crippen LogP contribution is -2.39. The van der Waals surface area contributed by atoms with Crippen molar-refractivity contribution in [3.05, 3.63) is 53.2 Å². The summed E-state index contributed by atoms with van der Waals surface area (Å²) >= 11 is 1.57. The van der Waals surface area contributed by atoms with Crippen molar-refractivity contribution in [3.8, 4) is 16.5 Å². The molecule has 0 aliphatic carbocycles. The number of rotatable bonds is 6. The summed E-state index contributed by atoms with van der Waals surface area (Å²) in [4.78, 5) is 19.7. The lowest BCUT2D eigenvalue weighted by atomic mass is 10.1. The first-order chi connectivity index (χ1) is 13.7. The van der Waals surface area contributed by atoms with E-state index in [4.69, 9.17) is 9.26 Å². The topological polar surface area (TPSA) is 80.5 Å². The van der Waals surface area contributed by atoms with Crippen molar-refractivity contribution in [1.82, 2.24) is 20.4 Å². The van der Waals surface area contributed by atoms with Crippen molar-refractivity contribution in [3.63, 3.8) is 0 Å². The van der Waals surface area contributed by atoms with Crippen LogP contribution in [0.4, 0.5) is 4.79 Å². The molecule has 3 aromatic rings. The van der Waals surface area contributed by atoms with Crippen LogP contribution in [0.15, 0.2) is 46.3 Å². The molecule has 0 saturated carbocycles. The molecule has 1 saturated heterocycles. The highest BCUT2D eigenvalue weighted by molar-refractivity contribution is 7.13. The Morgan fingerprint density at radius 2 is 2.21 bits per heavy atom. The first-order valence-electron chi connectivity index (χ1n) is 9.26. The Labute approximate surface area is 167 Å². The van der Waals surface area contributed by atoms with Crippen molar-refractivity contribution in [2.24, 2.45) is 0 Å². The van der Waals surface area contributed by atoms with Crippen molar-refractivity contribution < 1.29 is 14.1 Å². The average Bonchev–Trinajstić information content (AvgIpc) is 3.49. The van der Waals surface area contributed by atoms with Crippen LogP contribution in [0.2, 0.25) is 0 Å². The van der Waals surface area contributed by atoms with Crippen LogP contribution in [0, 0.1) is 0 Å². The van der Waals surface area contributed by atoms with Gasteiger partial charge in [-0.25, -0.2) is 4.79 Å². The minimum Gasteiger partial charge on any atom is -0.497 e. The monoisotopic (exact) mass is 398 g/mol. The number of likely N-dealkylation sites (tertiary alicyclic amines) is 1. The van der Waals surface area contributed by atoms with Crippen LogP contribution in [0.1, 0.15) is 23.7 Å². The number of thiophene rings is 1. The number of ether oxygens (including phenoxy) is 1. The van der Waals surface area contributed by atoms with Crippen molar-refractivity contribution in [2.45, 2.75) is 18.8 Å². The molecule has 7 nitrogen and oxygen atoms in total. The SMILES string of the molecule is COc1ccc(CCNC(=O)N2CC[C@@H](c3noc(-c4cccs4)n3)C2)cc1. The molecule has 2 aromatic heterocycles. The maximum atomic E-state index is 12.4. The predicted molar refractivity (Wildman–Crippen MR) is 107 cm³/mol. The van der Waals surface area contributed by atoms with Gasteiger partial charge in [0.2, 0.25) is 0 Å². The van der Waals surface area contributed by atoms with E-state index in [1.807, 2.05) is 46.7 Å². The zero-order valence-electron chi connectivity index (χ0n) is 15.6. The second-order valence-corrected chi connectivity index (χ2v) is 7.64. The number of hydrogen-bond acceptors (Lipinski definition) is 6. The third kappa shape index (κ3) is 4.17. The van der Waals surface area contributed by atoms with Crippen molar-refractivity contribution in [1.29, 1.82) is 0 Å². The molecule has 0 unspecified atom stereocenters. The predicted octanol–water partition coefficient (Wildman–Crippen LogP) is 3.55. The lowest BCUT2D eigenvalue weighted by molar-refractivity contribution is 0.208. The number of benzene rings is 1. The number of amides is 2. The molecule has 3 heterocycles. The fraction of sp³-hybridized carbons (Fsp3) is 0.350. The number of hydrogen-bond donors (Lipinski definition) is 1. The highest BCUT2D eigenvalue weighted by atomic mass is 32.1. The maximum Gasteiger partial charge on any atom is 0.317 e. The number of aromatic nitrogens is 2. The molecule has 146 valence electrons. The van der Waals surface area contributed by atoms with Gasteiger partial charge in [0.1, 0.15) is 5.75 Å². The molecule has 1 atom stereocenters. The van der Waals surface area contributed by atoms with E-state index >= 15 is 0 Å². The van der Waals surface area contributed by atoms with Gasteiger partial charge in [-0.1, -0.05) is 23.4 Å². The summed E-state index contributed by atoms with van der Waals surface area (Å²) in [6, 6.07) is 11.8. The summed E-state index contributed by atoms with van der Waals surface area (Å²) in [5.41, 5.74) is 1.16. The first kappa shape index (κ1) is 18.5. The highest BCUT2D eigenvalue weighted by Crippen LogP contribution is 2.28. The molecule has 1 N–H and O–H groups in total. The van der Waals surface area contributed by atoms with Gasteiger partial charge in [-0.05, 0) is 42.0 Å². The van der Waals surface area contributed by atoms with Crippen LogP contribution in [0.25, 0.3) is 10.8 Å². The number of nitrogens with zero attached hydrogens (tertiary/aromatic N) is 3. The Balaban J connectivity index is 1.26. The van der Waals surface area contributed by atoms with Gasteiger partial charge in [0, 0.05) is 25.6 Å². The molecule has 0 bridgehead atoms. The summed E-state index contributed by atoms with van der Waals surface area (Å²) in [6.07, 6.45) is 1.62. The summed E-state index contributed by atoms with van der Waals surface area (Å²) in [7, 11) is 1.65. The van der Waals surface area contributed by atoms with E-state index < -0.39 is 0 Å². The Morgan fingerprint density at radius 1 is 1.36 bits per heavy atom. The third-order valence-corrected chi connectivity index (χ3v) is 5.72. The second kappa shape index (κ2) is 8.43. The van der Waals surface area contributed by atoms with Crippen LogP contribution < -0.4 is 10.1 Å². The molecule has 28 heavy (non-hydrogen) atoms. The number of carbonyl (C=O) groups excluding carboxylic acids is 1. The lowest BCUT2D eigenvalue weighted by Gasteiger charge is -2.16. The molecular weight excluding hydrogens is 376 g/mol. The van der Waals surface area contributed by atoms with Crippen molar-refractivity contribution in [2.75, 3.05) is 26.7 Å². The van der Waals surface area contributed by atoms with Gasteiger partial charge in [0.05, 0.1) is 12.0 Å². The standard InChI is InChI=1S/C20H22N4O3S/c1-26-16-6-4-14(5-7-16)8-10-21-20(25)24-11-9-15(13-24)18-22-19(27-23-18)17-3-2-12-28-17/h2-7,12,15H,8-11,13H2,1H3,(H,21,25)/t15-/m1/s1. The normalized spacial score (nSPS) is 16.3. The minimum atomic E-state index is -0.0435. The Kier molecular flexibility index (Phi) is 5.57. The number of urea groups is 1. The van der Waals surface area contributed by atoms with Gasteiger partial charge in [0.25, 0.3) is 5.89 Å². The molecule has 8 heteroatoms. The summed E-state index contributed by atoms with van der Waals surface area (Å²) in [5.74, 6) is 2.17. The van der Waals surface area contributed by atoms with Crippen LogP contribution >= 0.6 is 11.3 Å². The Hall–Kier alpha value is -2.87. The van der Waals surface area contributed by atoms with Gasteiger partial charge in [0.15, 0.2) is 5.82 Å². The third-order valence-electron chi connectivity index (χ3n) is 4.86. The molecule has 1 fully saturated rings. The molecule has 2 amide bonds. The summed E-state index contributed by atoms with van der Waals surface area (Å²) < 4.78 is 10.5.